The molecule has 1 unspecified atom stereocenters. The molecule has 3 heteroatoms. The average Bonchev–Trinajstić information content (AvgIpc) is 2.12. The van der Waals surface area contributed by atoms with Crippen LogP contribution in [-0.2, 0) is 0 Å². The highest BCUT2D eigenvalue weighted by Gasteiger charge is 2.28. The van der Waals surface area contributed by atoms with E-state index in [4.69, 9.17) is 0 Å². The lowest BCUT2D eigenvalue weighted by atomic mass is 9.85. The van der Waals surface area contributed by atoms with Gasteiger partial charge in [0.25, 0.3) is 0 Å². The second-order valence-corrected chi connectivity index (χ2v) is 3.54. The maximum absolute atomic E-state index is 4.31. The van der Waals surface area contributed by atoms with E-state index in [-0.39, 0.29) is 0 Å². The summed E-state index contributed by atoms with van der Waals surface area (Å²) in [5, 5.41) is 3.29. The van der Waals surface area contributed by atoms with Gasteiger partial charge in [-0.25, -0.2) is 9.97 Å². The summed E-state index contributed by atoms with van der Waals surface area (Å²) in [6.07, 6.45) is 4.80. The van der Waals surface area contributed by atoms with Gasteiger partial charge in [0.15, 0.2) is 0 Å². The zero-order chi connectivity index (χ0) is 9.10. The molecule has 1 aliphatic heterocycles. The minimum Gasteiger partial charge on any atom is -0.316 e. The summed E-state index contributed by atoms with van der Waals surface area (Å²) in [6, 6.07) is 1.87. The van der Waals surface area contributed by atoms with Crippen molar-refractivity contribution in [2.45, 2.75) is 19.3 Å². The van der Waals surface area contributed by atoms with Crippen LogP contribution in [-0.4, -0.2) is 23.1 Å². The molecule has 0 bridgehead atoms. The molecule has 0 aromatic carbocycles. The maximum Gasteiger partial charge on any atom is 0.131 e. The van der Waals surface area contributed by atoms with Crippen molar-refractivity contribution in [1.29, 1.82) is 0 Å². The number of nitrogens with one attached hydrogen (secondary N) is 1. The highest BCUT2D eigenvalue weighted by Crippen LogP contribution is 2.27. The van der Waals surface area contributed by atoms with Crippen molar-refractivity contribution >= 4 is 0 Å². The van der Waals surface area contributed by atoms with Crippen LogP contribution in [0, 0.1) is 5.92 Å². The predicted molar refractivity (Wildman–Crippen MR) is 51.4 cm³/mol. The highest BCUT2D eigenvalue weighted by atomic mass is 15.0. The minimum atomic E-state index is 0.544. The Morgan fingerprint density at radius 1 is 1.46 bits per heavy atom. The smallest absolute Gasteiger partial charge is 0.131 e. The summed E-state index contributed by atoms with van der Waals surface area (Å²) in [4.78, 5) is 8.63. The molecular formula is C10H15N3. The maximum atomic E-state index is 4.31. The molecule has 13 heavy (non-hydrogen) atoms. The van der Waals surface area contributed by atoms with Crippen LogP contribution in [0.5, 0.6) is 0 Å². The number of hydrogen-bond acceptors (Lipinski definition) is 3. The largest absolute Gasteiger partial charge is 0.316 e. The minimum absolute atomic E-state index is 0.544. The molecule has 1 aliphatic rings. The van der Waals surface area contributed by atoms with Gasteiger partial charge in [-0.05, 0) is 31.5 Å². The molecule has 1 saturated heterocycles. The molecule has 1 atom stereocenters. The van der Waals surface area contributed by atoms with Crippen LogP contribution in [0.1, 0.15) is 25.1 Å². The summed E-state index contributed by atoms with van der Waals surface area (Å²) >= 11 is 0. The van der Waals surface area contributed by atoms with Gasteiger partial charge >= 0.3 is 0 Å². The zero-order valence-corrected chi connectivity index (χ0v) is 7.90. The van der Waals surface area contributed by atoms with E-state index in [0.29, 0.717) is 5.92 Å². The Balaban J connectivity index is 2.12. The van der Waals surface area contributed by atoms with Crippen LogP contribution in [0.2, 0.25) is 0 Å². The lowest BCUT2D eigenvalue weighted by Crippen LogP contribution is -2.45. The molecule has 0 aliphatic carbocycles. The van der Waals surface area contributed by atoms with Crippen LogP contribution in [0.4, 0.5) is 0 Å². The van der Waals surface area contributed by atoms with Gasteiger partial charge in [0.2, 0.25) is 0 Å². The second-order valence-electron chi connectivity index (χ2n) is 3.54. The quantitative estimate of drug-likeness (QED) is 0.753. The number of aromatic nitrogens is 2. The molecule has 2 rings (SSSR count). The Bertz CT molecular complexity index is 256. The third-order valence-electron chi connectivity index (χ3n) is 2.74. The Kier molecular flexibility index (Phi) is 2.54. The summed E-state index contributed by atoms with van der Waals surface area (Å²) in [5.74, 6) is 2.30. The van der Waals surface area contributed by atoms with Gasteiger partial charge in [-0.3, -0.25) is 0 Å². The Labute approximate surface area is 78.6 Å². The lowest BCUT2D eigenvalue weighted by Gasteiger charge is -2.33. The van der Waals surface area contributed by atoms with Gasteiger partial charge in [0.1, 0.15) is 5.82 Å². The Morgan fingerprint density at radius 2 is 2.15 bits per heavy atom. The highest BCUT2D eigenvalue weighted by molar-refractivity contribution is 5.02. The zero-order valence-electron chi connectivity index (χ0n) is 7.90. The lowest BCUT2D eigenvalue weighted by molar-refractivity contribution is 0.278. The standard InChI is InChI=1S/C10H15N3/c1-2-9(8-6-11-7-8)10-12-4-3-5-13-10/h3-5,8-9,11H,2,6-7H2,1H3. The fourth-order valence-corrected chi connectivity index (χ4v) is 1.82. The molecule has 0 spiro atoms. The van der Waals surface area contributed by atoms with Crippen molar-refractivity contribution in [2.75, 3.05) is 13.1 Å². The molecule has 1 fully saturated rings. The first kappa shape index (κ1) is 8.63. The molecule has 0 radical (unpaired) electrons. The van der Waals surface area contributed by atoms with Crippen molar-refractivity contribution in [3.05, 3.63) is 24.3 Å². The third kappa shape index (κ3) is 1.70. The molecular weight excluding hydrogens is 162 g/mol. The van der Waals surface area contributed by atoms with Crippen LogP contribution in [0.3, 0.4) is 0 Å². The average molecular weight is 177 g/mol. The Morgan fingerprint density at radius 3 is 2.62 bits per heavy atom. The van der Waals surface area contributed by atoms with E-state index >= 15 is 0 Å². The summed E-state index contributed by atoms with van der Waals surface area (Å²) in [6.45, 7) is 4.45. The molecule has 1 aromatic rings. The van der Waals surface area contributed by atoms with Gasteiger partial charge in [-0.1, -0.05) is 6.92 Å². The van der Waals surface area contributed by atoms with Crippen molar-refractivity contribution in [3.63, 3.8) is 0 Å². The molecule has 2 heterocycles. The van der Waals surface area contributed by atoms with E-state index in [1.165, 1.54) is 0 Å². The molecule has 0 amide bonds. The monoisotopic (exact) mass is 177 g/mol. The second kappa shape index (κ2) is 3.83. The number of nitrogens with zero attached hydrogens (tertiary/aromatic N) is 2. The van der Waals surface area contributed by atoms with Crippen molar-refractivity contribution < 1.29 is 0 Å². The van der Waals surface area contributed by atoms with Crippen LogP contribution < -0.4 is 5.32 Å². The molecule has 0 saturated carbocycles. The van der Waals surface area contributed by atoms with E-state index in [2.05, 4.69) is 22.2 Å². The summed E-state index contributed by atoms with van der Waals surface area (Å²) in [7, 11) is 0. The first-order valence-electron chi connectivity index (χ1n) is 4.89. The molecule has 1 aromatic heterocycles. The van der Waals surface area contributed by atoms with E-state index in [9.17, 15) is 0 Å². The SMILES string of the molecule is CCC(c1ncccn1)C1CNC1. The van der Waals surface area contributed by atoms with Gasteiger partial charge in [0, 0.05) is 18.3 Å². The first-order valence-corrected chi connectivity index (χ1v) is 4.89. The van der Waals surface area contributed by atoms with E-state index < -0.39 is 0 Å². The van der Waals surface area contributed by atoms with E-state index in [1.54, 1.807) is 0 Å². The normalized spacial score (nSPS) is 19.5. The topological polar surface area (TPSA) is 37.8 Å². The van der Waals surface area contributed by atoms with E-state index in [1.807, 2.05) is 18.5 Å². The number of rotatable bonds is 3. The van der Waals surface area contributed by atoms with Gasteiger partial charge in [-0.2, -0.15) is 0 Å². The summed E-state index contributed by atoms with van der Waals surface area (Å²) in [5.41, 5.74) is 0. The van der Waals surface area contributed by atoms with Crippen LogP contribution >= 0.6 is 0 Å². The van der Waals surface area contributed by atoms with Crippen molar-refractivity contribution in [3.8, 4) is 0 Å². The van der Waals surface area contributed by atoms with Gasteiger partial charge in [0.05, 0.1) is 0 Å². The Hall–Kier alpha value is -0.960. The molecule has 70 valence electrons. The fourth-order valence-electron chi connectivity index (χ4n) is 1.82. The van der Waals surface area contributed by atoms with Crippen molar-refractivity contribution in [1.82, 2.24) is 15.3 Å². The predicted octanol–water partition coefficient (Wildman–Crippen LogP) is 1.19. The molecule has 3 nitrogen and oxygen atoms in total. The van der Waals surface area contributed by atoms with Crippen LogP contribution in [0.25, 0.3) is 0 Å². The number of hydrogen-bond donors (Lipinski definition) is 1. The third-order valence-corrected chi connectivity index (χ3v) is 2.74. The summed E-state index contributed by atoms with van der Waals surface area (Å²) < 4.78 is 0. The fraction of sp³-hybridized carbons (Fsp3) is 0.600. The van der Waals surface area contributed by atoms with Crippen molar-refractivity contribution in [2.24, 2.45) is 5.92 Å². The van der Waals surface area contributed by atoms with Gasteiger partial charge in [-0.15, -0.1) is 0 Å². The molecule has 1 N–H and O–H groups in total. The van der Waals surface area contributed by atoms with Gasteiger partial charge < -0.3 is 5.32 Å². The first-order chi connectivity index (χ1) is 6.42. The van der Waals surface area contributed by atoms with E-state index in [0.717, 1.165) is 31.3 Å². The van der Waals surface area contributed by atoms with Crippen LogP contribution in [0.15, 0.2) is 18.5 Å².